The molecule has 1 atom stereocenters. The van der Waals surface area contributed by atoms with Crippen LogP contribution in [0.5, 0.6) is 0 Å². The molecule has 5 heteroatoms. The number of hydrogen-bond acceptors (Lipinski definition) is 3. The summed E-state index contributed by atoms with van der Waals surface area (Å²) in [5.41, 5.74) is 1.72. The van der Waals surface area contributed by atoms with Crippen molar-refractivity contribution in [2.45, 2.75) is 32.4 Å². The highest BCUT2D eigenvalue weighted by atomic mass is 35.5. The summed E-state index contributed by atoms with van der Waals surface area (Å²) in [5, 5.41) is 4.62. The molecule has 124 valence electrons. The molecule has 0 fully saturated rings. The molecule has 0 aliphatic heterocycles. The molecule has 0 saturated heterocycles. The Balaban J connectivity index is 1.82. The maximum Gasteiger partial charge on any atom is 0.258 e. The SMILES string of the molecule is CCC[C@@H](NCc1nc2cc(Cl)ccc2c(=O)[nH]1)c1ccccc1. The zero-order valence-corrected chi connectivity index (χ0v) is 14.3. The number of hydrogen-bond donors (Lipinski definition) is 2. The largest absolute Gasteiger partial charge is 0.309 e. The molecule has 4 nitrogen and oxygen atoms in total. The van der Waals surface area contributed by atoms with E-state index in [0.717, 1.165) is 12.8 Å². The molecule has 1 heterocycles. The molecule has 0 unspecified atom stereocenters. The van der Waals surface area contributed by atoms with Crippen molar-refractivity contribution in [2.75, 3.05) is 0 Å². The van der Waals surface area contributed by atoms with Crippen molar-refractivity contribution in [3.63, 3.8) is 0 Å². The lowest BCUT2D eigenvalue weighted by molar-refractivity contribution is 0.485. The van der Waals surface area contributed by atoms with Crippen LogP contribution in [0.25, 0.3) is 10.9 Å². The fourth-order valence-electron chi connectivity index (χ4n) is 2.83. The van der Waals surface area contributed by atoms with Gasteiger partial charge in [0.05, 0.1) is 17.4 Å². The average molecular weight is 342 g/mol. The first-order chi connectivity index (χ1) is 11.7. The van der Waals surface area contributed by atoms with Crippen molar-refractivity contribution >= 4 is 22.5 Å². The van der Waals surface area contributed by atoms with Gasteiger partial charge in [0, 0.05) is 11.1 Å². The summed E-state index contributed by atoms with van der Waals surface area (Å²) < 4.78 is 0. The molecule has 0 aliphatic rings. The molecule has 0 saturated carbocycles. The van der Waals surface area contributed by atoms with Crippen LogP contribution in [-0.2, 0) is 6.54 Å². The standard InChI is InChI=1S/C19H20ClN3O/c1-2-6-16(13-7-4-3-5-8-13)21-12-18-22-17-11-14(20)9-10-15(17)19(24)23-18/h3-5,7-11,16,21H,2,6,12H2,1H3,(H,22,23,24)/t16-/m1/s1. The van der Waals surface area contributed by atoms with E-state index in [9.17, 15) is 4.79 Å². The quantitative estimate of drug-likeness (QED) is 0.706. The van der Waals surface area contributed by atoms with Crippen molar-refractivity contribution in [1.82, 2.24) is 15.3 Å². The third-order valence-electron chi connectivity index (χ3n) is 4.01. The summed E-state index contributed by atoms with van der Waals surface area (Å²) in [6.07, 6.45) is 2.09. The number of aromatic amines is 1. The number of nitrogens with one attached hydrogen (secondary N) is 2. The van der Waals surface area contributed by atoms with E-state index in [4.69, 9.17) is 11.6 Å². The van der Waals surface area contributed by atoms with Crippen LogP contribution in [-0.4, -0.2) is 9.97 Å². The van der Waals surface area contributed by atoms with Crippen LogP contribution in [0.15, 0.2) is 53.3 Å². The van der Waals surface area contributed by atoms with E-state index in [1.54, 1.807) is 18.2 Å². The Labute approximate surface area is 145 Å². The highest BCUT2D eigenvalue weighted by Gasteiger charge is 2.11. The van der Waals surface area contributed by atoms with Gasteiger partial charge in [0.2, 0.25) is 0 Å². The van der Waals surface area contributed by atoms with Gasteiger partial charge < -0.3 is 10.3 Å². The number of nitrogens with zero attached hydrogens (tertiary/aromatic N) is 1. The Morgan fingerprint density at radius 1 is 1.21 bits per heavy atom. The van der Waals surface area contributed by atoms with Crippen molar-refractivity contribution in [3.8, 4) is 0 Å². The molecule has 0 amide bonds. The highest BCUT2D eigenvalue weighted by molar-refractivity contribution is 6.31. The average Bonchev–Trinajstić information content (AvgIpc) is 2.59. The van der Waals surface area contributed by atoms with Crippen molar-refractivity contribution in [3.05, 3.63) is 75.3 Å². The van der Waals surface area contributed by atoms with Gasteiger partial charge in [0.25, 0.3) is 5.56 Å². The Kier molecular flexibility index (Phi) is 5.28. The molecule has 2 N–H and O–H groups in total. The molecule has 3 rings (SSSR count). The summed E-state index contributed by atoms with van der Waals surface area (Å²) in [6, 6.07) is 15.7. The van der Waals surface area contributed by atoms with Crippen LogP contribution in [0.3, 0.4) is 0 Å². The van der Waals surface area contributed by atoms with E-state index in [0.29, 0.717) is 28.3 Å². The van der Waals surface area contributed by atoms with E-state index >= 15 is 0 Å². The van der Waals surface area contributed by atoms with Crippen molar-refractivity contribution < 1.29 is 0 Å². The number of benzene rings is 2. The van der Waals surface area contributed by atoms with Crippen LogP contribution >= 0.6 is 11.6 Å². The summed E-state index contributed by atoms with van der Waals surface area (Å²) in [6.45, 7) is 2.66. The van der Waals surface area contributed by atoms with E-state index in [1.165, 1.54) is 5.56 Å². The fourth-order valence-corrected chi connectivity index (χ4v) is 2.99. The Bertz CT molecular complexity index is 877. The van der Waals surface area contributed by atoms with Crippen LogP contribution in [0.4, 0.5) is 0 Å². The minimum absolute atomic E-state index is 0.139. The molecule has 2 aromatic carbocycles. The minimum Gasteiger partial charge on any atom is -0.309 e. The van der Waals surface area contributed by atoms with Crippen LogP contribution in [0.1, 0.15) is 37.2 Å². The number of aromatic nitrogens is 2. The van der Waals surface area contributed by atoms with Gasteiger partial charge >= 0.3 is 0 Å². The van der Waals surface area contributed by atoms with E-state index in [-0.39, 0.29) is 11.6 Å². The van der Waals surface area contributed by atoms with Gasteiger partial charge in [0.1, 0.15) is 5.82 Å². The molecular weight excluding hydrogens is 322 g/mol. The molecule has 0 aliphatic carbocycles. The number of H-pyrrole nitrogens is 1. The fraction of sp³-hybridized carbons (Fsp3) is 0.263. The maximum atomic E-state index is 12.2. The first-order valence-corrected chi connectivity index (χ1v) is 8.52. The second-order valence-corrected chi connectivity index (χ2v) is 6.24. The Morgan fingerprint density at radius 2 is 2.00 bits per heavy atom. The predicted molar refractivity (Wildman–Crippen MR) is 98.3 cm³/mol. The molecule has 1 aromatic heterocycles. The van der Waals surface area contributed by atoms with Crippen LogP contribution in [0, 0.1) is 0 Å². The Morgan fingerprint density at radius 3 is 2.75 bits per heavy atom. The zero-order valence-electron chi connectivity index (χ0n) is 13.6. The first-order valence-electron chi connectivity index (χ1n) is 8.14. The van der Waals surface area contributed by atoms with Gasteiger partial charge in [-0.2, -0.15) is 0 Å². The topological polar surface area (TPSA) is 57.8 Å². The van der Waals surface area contributed by atoms with Gasteiger partial charge in [0.15, 0.2) is 0 Å². The van der Waals surface area contributed by atoms with Gasteiger partial charge in [-0.1, -0.05) is 55.3 Å². The summed E-state index contributed by atoms with van der Waals surface area (Å²) in [7, 11) is 0. The van der Waals surface area contributed by atoms with E-state index in [2.05, 4.69) is 34.3 Å². The number of rotatable bonds is 6. The van der Waals surface area contributed by atoms with Gasteiger partial charge in [-0.15, -0.1) is 0 Å². The molecule has 3 aromatic rings. The Hall–Kier alpha value is -2.17. The molecule has 0 bridgehead atoms. The highest BCUT2D eigenvalue weighted by Crippen LogP contribution is 2.19. The molecule has 24 heavy (non-hydrogen) atoms. The third kappa shape index (κ3) is 3.83. The van der Waals surface area contributed by atoms with Crippen molar-refractivity contribution in [1.29, 1.82) is 0 Å². The second kappa shape index (κ2) is 7.60. The predicted octanol–water partition coefficient (Wildman–Crippen LogP) is 4.21. The van der Waals surface area contributed by atoms with Gasteiger partial charge in [-0.25, -0.2) is 4.98 Å². The third-order valence-corrected chi connectivity index (χ3v) is 4.25. The van der Waals surface area contributed by atoms with Crippen LogP contribution in [0.2, 0.25) is 5.02 Å². The lowest BCUT2D eigenvalue weighted by atomic mass is 10.0. The molecule has 0 radical (unpaired) electrons. The second-order valence-electron chi connectivity index (χ2n) is 5.81. The minimum atomic E-state index is -0.139. The molecular formula is C19H20ClN3O. The zero-order chi connectivity index (χ0) is 16.9. The van der Waals surface area contributed by atoms with E-state index < -0.39 is 0 Å². The smallest absolute Gasteiger partial charge is 0.258 e. The lowest BCUT2D eigenvalue weighted by Crippen LogP contribution is -2.24. The maximum absolute atomic E-state index is 12.2. The monoisotopic (exact) mass is 341 g/mol. The van der Waals surface area contributed by atoms with Crippen LogP contribution < -0.4 is 10.9 Å². The summed E-state index contributed by atoms with van der Waals surface area (Å²) in [5.74, 6) is 0.617. The van der Waals surface area contributed by atoms with E-state index in [1.807, 2.05) is 18.2 Å². The number of fused-ring (bicyclic) bond motifs is 1. The normalized spacial score (nSPS) is 12.4. The summed E-state index contributed by atoms with van der Waals surface area (Å²) in [4.78, 5) is 19.6. The van der Waals surface area contributed by atoms with Crippen molar-refractivity contribution in [2.24, 2.45) is 0 Å². The first kappa shape index (κ1) is 16.7. The summed E-state index contributed by atoms with van der Waals surface area (Å²) >= 11 is 6.00. The van der Waals surface area contributed by atoms with Gasteiger partial charge in [-0.3, -0.25) is 4.79 Å². The lowest BCUT2D eigenvalue weighted by Gasteiger charge is -2.18. The molecule has 0 spiro atoms. The van der Waals surface area contributed by atoms with Gasteiger partial charge in [-0.05, 0) is 30.2 Å². The number of halogens is 1.